The summed E-state index contributed by atoms with van der Waals surface area (Å²) in [4.78, 5) is 2.37. The molecule has 1 N–H and O–H groups in total. The first-order valence-electron chi connectivity index (χ1n) is 7.32. The molecule has 2 atom stereocenters. The standard InChI is InChI=1S/C16H23NO3.ClH/c1-16(2)15(18)14(17-8-4-5-9-17)12-10-11(19-3)6-7-13(12)20-16;/h6-7,10,14-15,18H,4-5,8-9H2,1-3H3;1H/t14-,15+;/m1./s1. The third-order valence-electron chi connectivity index (χ3n) is 4.45. The van der Waals surface area contributed by atoms with Gasteiger partial charge in [0, 0.05) is 5.56 Å². The van der Waals surface area contributed by atoms with Crippen LogP contribution in [0.1, 0.15) is 38.3 Å². The predicted molar refractivity (Wildman–Crippen MR) is 84.5 cm³/mol. The number of nitrogens with zero attached hydrogens (tertiary/aromatic N) is 1. The van der Waals surface area contributed by atoms with Crippen LogP contribution in [0.2, 0.25) is 0 Å². The topological polar surface area (TPSA) is 41.9 Å². The molecule has 0 spiro atoms. The van der Waals surface area contributed by atoms with Crippen molar-refractivity contribution >= 4 is 12.4 Å². The van der Waals surface area contributed by atoms with E-state index in [1.165, 1.54) is 12.8 Å². The SMILES string of the molecule is COc1ccc2c(c1)[C@@H](N1CCCC1)[C@H](O)C(C)(C)O2.Cl. The van der Waals surface area contributed by atoms with E-state index in [9.17, 15) is 5.11 Å². The van der Waals surface area contributed by atoms with Crippen molar-refractivity contribution in [3.05, 3.63) is 23.8 Å². The number of rotatable bonds is 2. The quantitative estimate of drug-likeness (QED) is 0.911. The van der Waals surface area contributed by atoms with Gasteiger partial charge in [-0.2, -0.15) is 0 Å². The molecule has 1 aromatic carbocycles. The number of likely N-dealkylation sites (tertiary alicyclic amines) is 1. The van der Waals surface area contributed by atoms with E-state index >= 15 is 0 Å². The molecule has 2 heterocycles. The lowest BCUT2D eigenvalue weighted by Crippen LogP contribution is -2.53. The maximum Gasteiger partial charge on any atom is 0.131 e. The summed E-state index contributed by atoms with van der Waals surface area (Å²) in [5.74, 6) is 1.67. The van der Waals surface area contributed by atoms with E-state index in [1.54, 1.807) is 7.11 Å². The van der Waals surface area contributed by atoms with Gasteiger partial charge in [0.1, 0.15) is 23.2 Å². The first kappa shape index (κ1) is 16.4. The number of benzene rings is 1. The summed E-state index contributed by atoms with van der Waals surface area (Å²) < 4.78 is 11.3. The smallest absolute Gasteiger partial charge is 0.131 e. The van der Waals surface area contributed by atoms with Gasteiger partial charge in [-0.25, -0.2) is 0 Å². The van der Waals surface area contributed by atoms with E-state index < -0.39 is 11.7 Å². The normalized spacial score (nSPS) is 27.4. The zero-order chi connectivity index (χ0) is 14.3. The first-order chi connectivity index (χ1) is 9.53. The highest BCUT2D eigenvalue weighted by Gasteiger charge is 2.45. The molecule has 4 nitrogen and oxygen atoms in total. The van der Waals surface area contributed by atoms with Crippen molar-refractivity contribution in [2.45, 2.75) is 44.4 Å². The Morgan fingerprint density at radius 1 is 1.29 bits per heavy atom. The molecule has 21 heavy (non-hydrogen) atoms. The summed E-state index contributed by atoms with van der Waals surface area (Å²) in [6.07, 6.45) is 1.85. The average molecular weight is 314 g/mol. The second-order valence-electron chi connectivity index (χ2n) is 6.24. The lowest BCUT2D eigenvalue weighted by Gasteiger charge is -2.45. The largest absolute Gasteiger partial charge is 0.497 e. The van der Waals surface area contributed by atoms with Gasteiger partial charge in [0.25, 0.3) is 0 Å². The number of ether oxygens (including phenoxy) is 2. The highest BCUT2D eigenvalue weighted by molar-refractivity contribution is 5.85. The molecule has 5 heteroatoms. The molecule has 118 valence electrons. The summed E-state index contributed by atoms with van der Waals surface area (Å²) in [7, 11) is 1.66. The fourth-order valence-corrected chi connectivity index (χ4v) is 3.29. The van der Waals surface area contributed by atoms with Crippen LogP contribution in [0.25, 0.3) is 0 Å². The van der Waals surface area contributed by atoms with E-state index in [2.05, 4.69) is 4.90 Å². The number of hydrogen-bond acceptors (Lipinski definition) is 4. The minimum atomic E-state index is -0.575. The van der Waals surface area contributed by atoms with Crippen LogP contribution in [-0.2, 0) is 0 Å². The van der Waals surface area contributed by atoms with Crippen LogP contribution < -0.4 is 9.47 Å². The molecule has 0 aliphatic carbocycles. The van der Waals surface area contributed by atoms with Gasteiger partial charge in [0.05, 0.1) is 13.2 Å². The van der Waals surface area contributed by atoms with Gasteiger partial charge in [-0.3, -0.25) is 4.90 Å². The van der Waals surface area contributed by atoms with E-state index in [0.717, 1.165) is 30.2 Å². The summed E-state index contributed by atoms with van der Waals surface area (Å²) in [5, 5.41) is 10.8. The molecule has 0 radical (unpaired) electrons. The average Bonchev–Trinajstić information content (AvgIpc) is 2.93. The molecular weight excluding hydrogens is 290 g/mol. The van der Waals surface area contributed by atoms with E-state index in [0.29, 0.717) is 0 Å². The third kappa shape index (κ3) is 2.85. The molecular formula is C16H24ClNO3. The van der Waals surface area contributed by atoms with Crippen molar-refractivity contribution in [1.29, 1.82) is 0 Å². The van der Waals surface area contributed by atoms with Crippen LogP contribution in [0.15, 0.2) is 18.2 Å². The van der Waals surface area contributed by atoms with Crippen molar-refractivity contribution in [3.63, 3.8) is 0 Å². The maximum atomic E-state index is 10.8. The summed E-state index contributed by atoms with van der Waals surface area (Å²) in [6, 6.07) is 5.85. The molecule has 0 bridgehead atoms. The molecule has 0 saturated carbocycles. The molecule has 0 aromatic heterocycles. The number of fused-ring (bicyclic) bond motifs is 1. The molecule has 0 unspecified atom stereocenters. The lowest BCUT2D eigenvalue weighted by atomic mass is 9.85. The van der Waals surface area contributed by atoms with Crippen LogP contribution in [0.5, 0.6) is 11.5 Å². The summed E-state index contributed by atoms with van der Waals surface area (Å²) in [5.41, 5.74) is 0.465. The fraction of sp³-hybridized carbons (Fsp3) is 0.625. The monoisotopic (exact) mass is 313 g/mol. The molecule has 1 saturated heterocycles. The van der Waals surface area contributed by atoms with Crippen LogP contribution >= 0.6 is 12.4 Å². The summed E-state index contributed by atoms with van der Waals surface area (Å²) >= 11 is 0. The Morgan fingerprint density at radius 3 is 2.57 bits per heavy atom. The molecule has 1 aromatic rings. The minimum Gasteiger partial charge on any atom is -0.497 e. The van der Waals surface area contributed by atoms with Crippen molar-refractivity contribution in [2.24, 2.45) is 0 Å². The zero-order valence-corrected chi connectivity index (χ0v) is 13.7. The van der Waals surface area contributed by atoms with Crippen molar-refractivity contribution in [2.75, 3.05) is 20.2 Å². The molecule has 1 fully saturated rings. The number of aliphatic hydroxyl groups is 1. The van der Waals surface area contributed by atoms with Crippen LogP contribution in [0.3, 0.4) is 0 Å². The molecule has 2 aliphatic rings. The Labute approximate surface area is 132 Å². The van der Waals surface area contributed by atoms with Crippen LogP contribution in [-0.4, -0.2) is 41.9 Å². The Hall–Kier alpha value is -0.970. The van der Waals surface area contributed by atoms with Crippen molar-refractivity contribution < 1.29 is 14.6 Å². The molecule has 3 rings (SSSR count). The highest BCUT2D eigenvalue weighted by Crippen LogP contribution is 2.44. The van der Waals surface area contributed by atoms with Gasteiger partial charge in [-0.15, -0.1) is 12.4 Å². The van der Waals surface area contributed by atoms with Crippen molar-refractivity contribution in [1.82, 2.24) is 4.90 Å². The lowest BCUT2D eigenvalue weighted by molar-refractivity contribution is -0.0896. The van der Waals surface area contributed by atoms with Gasteiger partial charge in [-0.1, -0.05) is 0 Å². The molecule has 2 aliphatic heterocycles. The van der Waals surface area contributed by atoms with E-state index in [-0.39, 0.29) is 18.4 Å². The van der Waals surface area contributed by atoms with E-state index in [4.69, 9.17) is 9.47 Å². The van der Waals surface area contributed by atoms with Crippen molar-refractivity contribution in [3.8, 4) is 11.5 Å². The van der Waals surface area contributed by atoms with Gasteiger partial charge in [0.15, 0.2) is 0 Å². The first-order valence-corrected chi connectivity index (χ1v) is 7.32. The van der Waals surface area contributed by atoms with Gasteiger partial charge in [-0.05, 0) is 58.0 Å². The van der Waals surface area contributed by atoms with Crippen LogP contribution in [0.4, 0.5) is 0 Å². The second-order valence-corrected chi connectivity index (χ2v) is 6.24. The number of hydrogen-bond donors (Lipinski definition) is 1. The number of methoxy groups -OCH3 is 1. The van der Waals surface area contributed by atoms with Gasteiger partial charge < -0.3 is 14.6 Å². The van der Waals surface area contributed by atoms with Gasteiger partial charge >= 0.3 is 0 Å². The maximum absolute atomic E-state index is 10.8. The molecule has 0 amide bonds. The third-order valence-corrected chi connectivity index (χ3v) is 4.45. The van der Waals surface area contributed by atoms with Gasteiger partial charge in [0.2, 0.25) is 0 Å². The number of halogens is 1. The van der Waals surface area contributed by atoms with Crippen LogP contribution in [0, 0.1) is 0 Å². The fourth-order valence-electron chi connectivity index (χ4n) is 3.29. The Kier molecular flexibility index (Phi) is 4.71. The predicted octanol–water partition coefficient (Wildman–Crippen LogP) is 2.79. The Morgan fingerprint density at radius 2 is 1.95 bits per heavy atom. The highest BCUT2D eigenvalue weighted by atomic mass is 35.5. The summed E-state index contributed by atoms with van der Waals surface area (Å²) in [6.45, 7) is 5.98. The number of aliphatic hydroxyl groups excluding tert-OH is 1. The Balaban J connectivity index is 0.00000161. The zero-order valence-electron chi connectivity index (χ0n) is 12.8. The second kappa shape index (κ2) is 6.03. The Bertz CT molecular complexity index is 500. The minimum absolute atomic E-state index is 0. The van der Waals surface area contributed by atoms with E-state index in [1.807, 2.05) is 32.0 Å².